The van der Waals surface area contributed by atoms with Crippen molar-refractivity contribution in [2.75, 3.05) is 6.61 Å². The second kappa shape index (κ2) is 6.30. The van der Waals surface area contributed by atoms with Crippen LogP contribution in [0.3, 0.4) is 0 Å². The van der Waals surface area contributed by atoms with E-state index >= 15 is 0 Å². The van der Waals surface area contributed by atoms with Crippen LogP contribution in [0.4, 0.5) is 0 Å². The lowest BCUT2D eigenvalue weighted by atomic mass is 10.1. The summed E-state index contributed by atoms with van der Waals surface area (Å²) in [6.45, 7) is 3.59. The van der Waals surface area contributed by atoms with Crippen LogP contribution in [-0.2, 0) is 13.0 Å². The van der Waals surface area contributed by atoms with Crippen LogP contribution < -0.4 is 10.1 Å². The molecule has 1 aromatic carbocycles. The van der Waals surface area contributed by atoms with Crippen molar-refractivity contribution in [2.45, 2.75) is 45.2 Å². The zero-order chi connectivity index (χ0) is 16.5. The first-order valence-corrected chi connectivity index (χ1v) is 8.74. The van der Waals surface area contributed by atoms with Gasteiger partial charge in [-0.2, -0.15) is 0 Å². The molecular formula is C19H23N3O2. The molecule has 1 N–H and O–H groups in total. The van der Waals surface area contributed by atoms with Gasteiger partial charge in [-0.3, -0.25) is 4.79 Å². The molecule has 2 aliphatic rings. The van der Waals surface area contributed by atoms with Crippen LogP contribution in [0.5, 0.6) is 5.75 Å². The Bertz CT molecular complexity index is 732. The standard InChI is InChI=1S/C19H23N3O2/c1-13-10-22-11-16(6-9-18(22)20-13)21-19(23)15-4-7-17(8-5-15)24-12-14-2-3-14/h4-5,7-8,10,14,16H,2-3,6,9,11-12H2,1H3,(H,21,23)/t16-/m0/s1. The van der Waals surface area contributed by atoms with Gasteiger partial charge in [-0.15, -0.1) is 0 Å². The molecule has 0 bridgehead atoms. The zero-order valence-electron chi connectivity index (χ0n) is 14.0. The highest BCUT2D eigenvalue weighted by atomic mass is 16.5. The van der Waals surface area contributed by atoms with Gasteiger partial charge >= 0.3 is 0 Å². The summed E-state index contributed by atoms with van der Waals surface area (Å²) in [5.41, 5.74) is 1.72. The number of hydrogen-bond donors (Lipinski definition) is 1. The molecule has 1 saturated carbocycles. The van der Waals surface area contributed by atoms with E-state index in [9.17, 15) is 4.79 Å². The van der Waals surface area contributed by atoms with E-state index in [1.54, 1.807) is 0 Å². The number of imidazole rings is 1. The van der Waals surface area contributed by atoms with Crippen molar-refractivity contribution < 1.29 is 9.53 Å². The number of aryl methyl sites for hydroxylation is 2. The van der Waals surface area contributed by atoms with Crippen molar-refractivity contribution in [1.82, 2.24) is 14.9 Å². The van der Waals surface area contributed by atoms with E-state index in [-0.39, 0.29) is 11.9 Å². The van der Waals surface area contributed by atoms with Gasteiger partial charge in [-0.1, -0.05) is 0 Å². The number of rotatable bonds is 5. The molecule has 2 aromatic rings. The molecule has 5 heteroatoms. The van der Waals surface area contributed by atoms with Crippen molar-refractivity contribution in [3.05, 3.63) is 47.5 Å². The molecule has 1 amide bonds. The maximum Gasteiger partial charge on any atom is 0.251 e. The Kier molecular flexibility index (Phi) is 4.00. The summed E-state index contributed by atoms with van der Waals surface area (Å²) >= 11 is 0. The predicted octanol–water partition coefficient (Wildman–Crippen LogP) is 2.73. The monoisotopic (exact) mass is 325 g/mol. The average molecular weight is 325 g/mol. The molecule has 2 heterocycles. The Morgan fingerprint density at radius 2 is 2.08 bits per heavy atom. The molecular weight excluding hydrogens is 302 g/mol. The highest BCUT2D eigenvalue weighted by Gasteiger charge is 2.23. The Morgan fingerprint density at radius 1 is 1.29 bits per heavy atom. The third-order valence-corrected chi connectivity index (χ3v) is 4.75. The van der Waals surface area contributed by atoms with Crippen LogP contribution in [0, 0.1) is 12.8 Å². The minimum atomic E-state index is -0.0194. The Hall–Kier alpha value is -2.30. The molecule has 0 saturated heterocycles. The molecule has 1 atom stereocenters. The molecule has 0 radical (unpaired) electrons. The number of amides is 1. The topological polar surface area (TPSA) is 56.2 Å². The normalized spacial score (nSPS) is 19.6. The van der Waals surface area contributed by atoms with E-state index in [1.807, 2.05) is 31.2 Å². The fourth-order valence-corrected chi connectivity index (χ4v) is 3.17. The van der Waals surface area contributed by atoms with Gasteiger partial charge in [-0.05, 0) is 56.4 Å². The van der Waals surface area contributed by atoms with Gasteiger partial charge in [0.25, 0.3) is 5.91 Å². The van der Waals surface area contributed by atoms with Gasteiger partial charge in [0.2, 0.25) is 0 Å². The molecule has 24 heavy (non-hydrogen) atoms. The minimum absolute atomic E-state index is 0.0194. The first-order valence-electron chi connectivity index (χ1n) is 8.74. The van der Waals surface area contributed by atoms with Crippen LogP contribution in [0.25, 0.3) is 0 Å². The van der Waals surface area contributed by atoms with E-state index in [1.165, 1.54) is 12.8 Å². The van der Waals surface area contributed by atoms with E-state index in [4.69, 9.17) is 4.74 Å². The minimum Gasteiger partial charge on any atom is -0.493 e. The number of nitrogens with one attached hydrogen (secondary N) is 1. The molecule has 0 spiro atoms. The first kappa shape index (κ1) is 15.2. The van der Waals surface area contributed by atoms with Crippen LogP contribution in [0.1, 0.15) is 41.1 Å². The fourth-order valence-electron chi connectivity index (χ4n) is 3.17. The van der Waals surface area contributed by atoms with Crippen LogP contribution in [0.2, 0.25) is 0 Å². The number of carbonyl (C=O) groups excluding carboxylic acids is 1. The van der Waals surface area contributed by atoms with Gasteiger partial charge in [0, 0.05) is 30.8 Å². The third-order valence-electron chi connectivity index (χ3n) is 4.75. The molecule has 4 rings (SSSR count). The second-order valence-electron chi connectivity index (χ2n) is 6.94. The molecule has 0 unspecified atom stereocenters. The largest absolute Gasteiger partial charge is 0.493 e. The zero-order valence-corrected chi connectivity index (χ0v) is 14.0. The maximum atomic E-state index is 12.4. The number of carbonyl (C=O) groups is 1. The van der Waals surface area contributed by atoms with Crippen molar-refractivity contribution in [2.24, 2.45) is 5.92 Å². The molecule has 5 nitrogen and oxygen atoms in total. The quantitative estimate of drug-likeness (QED) is 0.919. The Labute approximate surface area is 142 Å². The van der Waals surface area contributed by atoms with E-state index < -0.39 is 0 Å². The summed E-state index contributed by atoms with van der Waals surface area (Å²) in [7, 11) is 0. The molecule has 1 aromatic heterocycles. The molecule has 1 fully saturated rings. The second-order valence-corrected chi connectivity index (χ2v) is 6.94. The number of aromatic nitrogens is 2. The predicted molar refractivity (Wildman–Crippen MR) is 91.2 cm³/mol. The summed E-state index contributed by atoms with van der Waals surface area (Å²) in [6, 6.07) is 7.61. The summed E-state index contributed by atoms with van der Waals surface area (Å²) in [5, 5.41) is 3.14. The van der Waals surface area contributed by atoms with E-state index in [0.29, 0.717) is 5.56 Å². The molecule has 126 valence electrons. The molecule has 1 aliphatic carbocycles. The first-order chi connectivity index (χ1) is 11.7. The van der Waals surface area contributed by atoms with Crippen molar-refractivity contribution in [3.8, 4) is 5.75 Å². The van der Waals surface area contributed by atoms with Gasteiger partial charge in [0.05, 0.1) is 12.3 Å². The van der Waals surface area contributed by atoms with Gasteiger partial charge in [0.15, 0.2) is 0 Å². The third kappa shape index (κ3) is 3.45. The smallest absolute Gasteiger partial charge is 0.251 e. The van der Waals surface area contributed by atoms with Gasteiger partial charge < -0.3 is 14.6 Å². The highest BCUT2D eigenvalue weighted by molar-refractivity contribution is 5.94. The SMILES string of the molecule is Cc1cn2c(n1)CC[C@H](NC(=O)c1ccc(OCC3CC3)cc1)C2. The lowest BCUT2D eigenvalue weighted by Gasteiger charge is -2.24. The number of ether oxygens (including phenoxy) is 1. The number of nitrogens with zero attached hydrogens (tertiary/aromatic N) is 2. The van der Waals surface area contributed by atoms with Crippen molar-refractivity contribution in [1.29, 1.82) is 0 Å². The lowest BCUT2D eigenvalue weighted by molar-refractivity contribution is 0.0927. The van der Waals surface area contributed by atoms with Gasteiger partial charge in [0.1, 0.15) is 11.6 Å². The Balaban J connectivity index is 1.34. The van der Waals surface area contributed by atoms with Crippen molar-refractivity contribution in [3.63, 3.8) is 0 Å². The van der Waals surface area contributed by atoms with Gasteiger partial charge in [-0.25, -0.2) is 4.98 Å². The van der Waals surface area contributed by atoms with Crippen LogP contribution in [0.15, 0.2) is 30.5 Å². The highest BCUT2D eigenvalue weighted by Crippen LogP contribution is 2.29. The molecule has 1 aliphatic heterocycles. The lowest BCUT2D eigenvalue weighted by Crippen LogP contribution is -2.40. The number of benzene rings is 1. The van der Waals surface area contributed by atoms with E-state index in [2.05, 4.69) is 21.1 Å². The summed E-state index contributed by atoms with van der Waals surface area (Å²) in [4.78, 5) is 16.9. The summed E-state index contributed by atoms with van der Waals surface area (Å²) < 4.78 is 7.87. The number of hydrogen-bond acceptors (Lipinski definition) is 3. The fraction of sp³-hybridized carbons (Fsp3) is 0.474. The van der Waals surface area contributed by atoms with Crippen LogP contribution in [-0.4, -0.2) is 28.1 Å². The van der Waals surface area contributed by atoms with Crippen molar-refractivity contribution >= 4 is 5.91 Å². The maximum absolute atomic E-state index is 12.4. The summed E-state index contributed by atoms with van der Waals surface area (Å²) in [6.07, 6.45) is 6.46. The van der Waals surface area contributed by atoms with E-state index in [0.717, 1.165) is 49.2 Å². The average Bonchev–Trinajstić information content (AvgIpc) is 3.33. The van der Waals surface area contributed by atoms with Crippen LogP contribution >= 0.6 is 0 Å². The Morgan fingerprint density at radius 3 is 2.83 bits per heavy atom. The number of fused-ring (bicyclic) bond motifs is 1. The summed E-state index contributed by atoms with van der Waals surface area (Å²) in [5.74, 6) is 2.68.